The molecule has 6 atom stereocenters. The molecule has 0 aromatic heterocycles. The molecule has 0 aromatic carbocycles. The molecule has 12 nitrogen and oxygen atoms in total. The summed E-state index contributed by atoms with van der Waals surface area (Å²) in [5.74, 6) is -1.95. The van der Waals surface area contributed by atoms with E-state index in [-0.39, 0.29) is 19.4 Å². The maximum absolute atomic E-state index is 13.0. The van der Waals surface area contributed by atoms with Gasteiger partial charge in [0, 0.05) is 12.8 Å². The van der Waals surface area contributed by atoms with Gasteiger partial charge in [0.05, 0.1) is 6.61 Å². The molecule has 0 spiro atoms. The van der Waals surface area contributed by atoms with Gasteiger partial charge in [0.25, 0.3) is 10.1 Å². The van der Waals surface area contributed by atoms with Crippen LogP contribution in [0, 0.1) is 0 Å². The number of hydrogen-bond donors (Lipinski definition) is 4. The van der Waals surface area contributed by atoms with Gasteiger partial charge in [-0.1, -0.05) is 309 Å². The lowest BCUT2D eigenvalue weighted by Crippen LogP contribution is -2.60. The van der Waals surface area contributed by atoms with E-state index in [0.717, 1.165) is 38.5 Å². The first kappa shape index (κ1) is 72.7. The van der Waals surface area contributed by atoms with Gasteiger partial charge < -0.3 is 34.3 Å². The molecule has 0 aliphatic carbocycles. The summed E-state index contributed by atoms with van der Waals surface area (Å²) >= 11 is 0. The van der Waals surface area contributed by atoms with E-state index in [1.807, 2.05) is 0 Å². The Hall–Kier alpha value is -1.35. The number of carbonyl (C=O) groups excluding carboxylic acids is 2. The molecule has 1 saturated heterocycles. The molecule has 13 heteroatoms. The van der Waals surface area contributed by atoms with Crippen molar-refractivity contribution in [3.8, 4) is 0 Å². The fourth-order valence-corrected chi connectivity index (χ4v) is 11.4. The number of rotatable bonds is 58. The van der Waals surface area contributed by atoms with Crippen LogP contribution >= 0.6 is 0 Å². The summed E-state index contributed by atoms with van der Waals surface area (Å²) in [5, 5.41) is 31.1. The Kier molecular flexibility index (Phi) is 50.7. The van der Waals surface area contributed by atoms with Gasteiger partial charge in [0.2, 0.25) is 0 Å². The van der Waals surface area contributed by atoms with Gasteiger partial charge in [-0.2, -0.15) is 8.42 Å². The van der Waals surface area contributed by atoms with Crippen LogP contribution in [0.25, 0.3) is 0 Å². The normalized spacial score (nSPS) is 18.3. The largest absolute Gasteiger partial charge is 0.462 e. The van der Waals surface area contributed by atoms with E-state index in [0.29, 0.717) is 12.8 Å². The quantitative estimate of drug-likeness (QED) is 0.0257. The monoisotopic (exact) mass is 1100 g/mol. The first-order chi connectivity index (χ1) is 37.0. The van der Waals surface area contributed by atoms with Crippen molar-refractivity contribution in [2.24, 2.45) is 0 Å². The Bertz CT molecular complexity index is 1380. The number of aliphatic hydroxyl groups excluding tert-OH is 3. The van der Waals surface area contributed by atoms with E-state index < -0.39 is 71.2 Å². The molecule has 1 rings (SSSR count). The van der Waals surface area contributed by atoms with Crippen LogP contribution < -0.4 is 0 Å². The lowest BCUT2D eigenvalue weighted by atomic mass is 10.00. The molecule has 76 heavy (non-hydrogen) atoms. The van der Waals surface area contributed by atoms with Gasteiger partial charge >= 0.3 is 11.9 Å². The highest BCUT2D eigenvalue weighted by Crippen LogP contribution is 2.25. The lowest BCUT2D eigenvalue weighted by molar-refractivity contribution is -0.297. The number of esters is 2. The molecule has 4 N–H and O–H groups in total. The molecule has 1 fully saturated rings. The molecule has 0 radical (unpaired) electrons. The van der Waals surface area contributed by atoms with Crippen molar-refractivity contribution in [1.29, 1.82) is 0 Å². The van der Waals surface area contributed by atoms with E-state index >= 15 is 0 Å². The molecule has 1 aliphatic rings. The predicted octanol–water partition coefficient (Wildman–Crippen LogP) is 16.7. The van der Waals surface area contributed by atoms with Gasteiger partial charge in [0.1, 0.15) is 36.8 Å². The summed E-state index contributed by atoms with van der Waals surface area (Å²) in [6, 6.07) is 0. The van der Waals surface area contributed by atoms with Crippen molar-refractivity contribution in [3.05, 3.63) is 0 Å². The molecular weight excluding hydrogens is 981 g/mol. The SMILES string of the molecule is CCCCCCCCCCCCCCCCCCCCCCCCCCC(=O)OCC(COC1OC(CS(=O)(=O)O)C(O)C(O)C1O)OC(=O)CCCCCCCCCCCCCCCCCCCCCCCCCC. The van der Waals surface area contributed by atoms with Crippen LogP contribution in [-0.4, -0.2) is 96.0 Å². The molecule has 452 valence electrons. The second-order valence-electron chi connectivity index (χ2n) is 23.2. The topological polar surface area (TPSA) is 186 Å². The van der Waals surface area contributed by atoms with Gasteiger partial charge in [-0.25, -0.2) is 0 Å². The van der Waals surface area contributed by atoms with Crippen molar-refractivity contribution in [2.45, 2.75) is 372 Å². The average Bonchev–Trinajstić information content (AvgIpc) is 3.39. The summed E-state index contributed by atoms with van der Waals surface area (Å²) in [6.07, 6.45) is 53.0. The molecule has 1 aliphatic heterocycles. The zero-order valence-electron chi connectivity index (χ0n) is 49.4. The third-order valence-electron chi connectivity index (χ3n) is 15.7. The minimum Gasteiger partial charge on any atom is -0.462 e. The summed E-state index contributed by atoms with van der Waals surface area (Å²) in [7, 11) is -4.61. The highest BCUT2D eigenvalue weighted by Gasteiger charge is 2.46. The van der Waals surface area contributed by atoms with Crippen molar-refractivity contribution >= 4 is 22.1 Å². The molecule has 1 heterocycles. The fraction of sp³-hybridized carbons (Fsp3) is 0.968. The van der Waals surface area contributed by atoms with Gasteiger partial charge in [-0.15, -0.1) is 0 Å². The van der Waals surface area contributed by atoms with E-state index in [2.05, 4.69) is 13.8 Å². The zero-order chi connectivity index (χ0) is 55.4. The fourth-order valence-electron chi connectivity index (χ4n) is 10.7. The van der Waals surface area contributed by atoms with Crippen molar-refractivity contribution in [1.82, 2.24) is 0 Å². The van der Waals surface area contributed by atoms with Gasteiger partial charge in [-0.3, -0.25) is 14.1 Å². The van der Waals surface area contributed by atoms with Crippen molar-refractivity contribution < 1.29 is 56.8 Å². The second kappa shape index (κ2) is 53.0. The molecule has 0 aromatic rings. The molecule has 0 saturated carbocycles. The summed E-state index contributed by atoms with van der Waals surface area (Å²) in [5.41, 5.74) is 0. The van der Waals surface area contributed by atoms with Crippen molar-refractivity contribution in [2.75, 3.05) is 19.0 Å². The number of hydrogen-bond acceptors (Lipinski definition) is 11. The Morgan fingerprint density at radius 3 is 0.961 bits per heavy atom. The van der Waals surface area contributed by atoms with Crippen LogP contribution in [0.1, 0.15) is 335 Å². The highest BCUT2D eigenvalue weighted by molar-refractivity contribution is 7.85. The number of unbranched alkanes of at least 4 members (excludes halogenated alkanes) is 46. The molecule has 0 bridgehead atoms. The minimum atomic E-state index is -4.61. The summed E-state index contributed by atoms with van der Waals surface area (Å²) in [6.45, 7) is 3.86. The summed E-state index contributed by atoms with van der Waals surface area (Å²) in [4.78, 5) is 25.7. The van der Waals surface area contributed by atoms with Crippen LogP contribution in [0.3, 0.4) is 0 Å². The lowest BCUT2D eigenvalue weighted by Gasteiger charge is -2.40. The van der Waals surface area contributed by atoms with Crippen LogP contribution in [0.15, 0.2) is 0 Å². The number of aliphatic hydroxyl groups is 3. The van der Waals surface area contributed by atoms with E-state index in [1.54, 1.807) is 0 Å². The van der Waals surface area contributed by atoms with Crippen molar-refractivity contribution in [3.63, 3.8) is 0 Å². The zero-order valence-corrected chi connectivity index (χ0v) is 50.2. The minimum absolute atomic E-state index is 0.174. The molecular formula is C63H122O12S. The first-order valence-corrected chi connectivity index (χ1v) is 34.2. The highest BCUT2D eigenvalue weighted by atomic mass is 32.2. The van der Waals surface area contributed by atoms with E-state index in [1.165, 1.54) is 257 Å². The van der Waals surface area contributed by atoms with E-state index in [4.69, 9.17) is 18.9 Å². The Balaban J connectivity index is 2.22. The molecule has 0 amide bonds. The maximum atomic E-state index is 13.0. The van der Waals surface area contributed by atoms with Gasteiger partial charge in [-0.05, 0) is 12.8 Å². The number of ether oxygens (including phenoxy) is 4. The Labute approximate surface area is 467 Å². The second-order valence-corrected chi connectivity index (χ2v) is 24.7. The predicted molar refractivity (Wildman–Crippen MR) is 312 cm³/mol. The van der Waals surface area contributed by atoms with Crippen LogP contribution in [0.2, 0.25) is 0 Å². The first-order valence-electron chi connectivity index (χ1n) is 32.6. The maximum Gasteiger partial charge on any atom is 0.306 e. The summed E-state index contributed by atoms with van der Waals surface area (Å²) < 4.78 is 54.6. The van der Waals surface area contributed by atoms with Gasteiger partial charge in [0.15, 0.2) is 12.4 Å². The third kappa shape index (κ3) is 46.4. The Morgan fingerprint density at radius 1 is 0.395 bits per heavy atom. The molecule has 6 unspecified atom stereocenters. The van der Waals surface area contributed by atoms with E-state index in [9.17, 15) is 37.9 Å². The number of carbonyl (C=O) groups is 2. The third-order valence-corrected chi connectivity index (χ3v) is 16.4. The Morgan fingerprint density at radius 2 is 0.671 bits per heavy atom. The average molecular weight is 1100 g/mol. The van der Waals surface area contributed by atoms with Crippen LogP contribution in [0.5, 0.6) is 0 Å². The van der Waals surface area contributed by atoms with Crippen LogP contribution in [0.4, 0.5) is 0 Å². The standard InChI is InChI=1S/C63H122O12S/c1-3-5-7-9-11-13-15-17-19-21-23-25-27-29-31-33-35-37-39-41-43-45-47-49-51-58(64)72-53-56(54-73-63-62(68)61(67)60(66)57(75-63)55-76(69,70)71)74-59(65)52-50-48-46-44-42-40-38-36-34-32-30-28-26-24-22-20-18-16-14-12-10-8-6-4-2/h56-57,60-63,66-68H,3-55H2,1-2H3,(H,69,70,71). The van der Waals surface area contributed by atoms with Crippen LogP contribution in [-0.2, 0) is 38.7 Å². The smallest absolute Gasteiger partial charge is 0.306 e.